The number of anilines is 1. The molecule has 0 saturated carbocycles. The van der Waals surface area contributed by atoms with Gasteiger partial charge in [0.1, 0.15) is 18.2 Å². The van der Waals surface area contributed by atoms with Crippen LogP contribution in [-0.4, -0.2) is 29.8 Å². The van der Waals surface area contributed by atoms with Crippen LogP contribution in [0, 0.1) is 6.92 Å². The summed E-state index contributed by atoms with van der Waals surface area (Å²) in [5.41, 5.74) is 6.61. The van der Waals surface area contributed by atoms with Crippen molar-refractivity contribution in [2.45, 2.75) is 33.6 Å². The summed E-state index contributed by atoms with van der Waals surface area (Å²) in [7, 11) is 0. The van der Waals surface area contributed by atoms with Gasteiger partial charge in [0.05, 0.1) is 12.2 Å². The minimum Gasteiger partial charge on any atom is -0.475 e. The van der Waals surface area contributed by atoms with E-state index in [0.717, 1.165) is 24.2 Å². The molecule has 5 heteroatoms. The smallest absolute Gasteiger partial charge is 0.221 e. The van der Waals surface area contributed by atoms with Crippen molar-refractivity contribution in [3.8, 4) is 5.88 Å². The van der Waals surface area contributed by atoms with Crippen molar-refractivity contribution in [3.05, 3.63) is 11.4 Å². The Balaban J connectivity index is 2.68. The minimum absolute atomic E-state index is 0.483. The minimum atomic E-state index is 0.483. The molecule has 1 aromatic heterocycles. The van der Waals surface area contributed by atoms with Gasteiger partial charge in [0.25, 0.3) is 0 Å². The van der Waals surface area contributed by atoms with Gasteiger partial charge in [-0.3, -0.25) is 0 Å². The zero-order valence-electron chi connectivity index (χ0n) is 10.8. The quantitative estimate of drug-likeness (QED) is 0.734. The first kappa shape index (κ1) is 13.7. The first-order chi connectivity index (χ1) is 8.19. The van der Waals surface area contributed by atoms with Crippen LogP contribution in [0.5, 0.6) is 5.88 Å². The van der Waals surface area contributed by atoms with E-state index in [2.05, 4.69) is 16.9 Å². The molecule has 1 heterocycles. The van der Waals surface area contributed by atoms with E-state index in [1.165, 1.54) is 0 Å². The van der Waals surface area contributed by atoms with Crippen molar-refractivity contribution in [3.63, 3.8) is 0 Å². The molecule has 0 aliphatic rings. The second kappa shape index (κ2) is 7.06. The number of nitrogen functional groups attached to an aromatic ring is 1. The van der Waals surface area contributed by atoms with E-state index in [-0.39, 0.29) is 0 Å². The van der Waals surface area contributed by atoms with Crippen LogP contribution in [-0.2, 0) is 11.2 Å². The predicted molar refractivity (Wildman–Crippen MR) is 67.2 cm³/mol. The molecule has 1 rings (SSSR count). The fourth-order valence-electron chi connectivity index (χ4n) is 1.38. The number of ether oxygens (including phenoxy) is 2. The van der Waals surface area contributed by atoms with Crippen LogP contribution < -0.4 is 10.5 Å². The monoisotopic (exact) mass is 239 g/mol. The molecular formula is C12H21N3O2. The van der Waals surface area contributed by atoms with Gasteiger partial charge in [-0.1, -0.05) is 6.92 Å². The summed E-state index contributed by atoms with van der Waals surface area (Å²) in [4.78, 5) is 8.57. The average molecular weight is 239 g/mol. The maximum atomic E-state index is 5.82. The third kappa shape index (κ3) is 4.19. The van der Waals surface area contributed by atoms with Crippen molar-refractivity contribution >= 4 is 5.82 Å². The zero-order valence-corrected chi connectivity index (χ0v) is 10.8. The summed E-state index contributed by atoms with van der Waals surface area (Å²) in [5, 5.41) is 0. The lowest BCUT2D eigenvalue weighted by atomic mass is 10.3. The fraction of sp³-hybridized carbons (Fsp3) is 0.667. The highest BCUT2D eigenvalue weighted by atomic mass is 16.5. The Morgan fingerprint density at radius 3 is 2.59 bits per heavy atom. The largest absolute Gasteiger partial charge is 0.475 e. The van der Waals surface area contributed by atoms with Crippen molar-refractivity contribution in [1.29, 1.82) is 0 Å². The van der Waals surface area contributed by atoms with Crippen molar-refractivity contribution in [1.82, 2.24) is 9.97 Å². The highest BCUT2D eigenvalue weighted by molar-refractivity contribution is 5.44. The molecule has 0 atom stereocenters. The Kier molecular flexibility index (Phi) is 5.69. The highest BCUT2D eigenvalue weighted by Gasteiger charge is 2.09. The first-order valence-electron chi connectivity index (χ1n) is 6.02. The van der Waals surface area contributed by atoms with E-state index >= 15 is 0 Å². The van der Waals surface area contributed by atoms with E-state index in [1.807, 2.05) is 13.8 Å². The molecule has 0 radical (unpaired) electrons. The summed E-state index contributed by atoms with van der Waals surface area (Å²) in [5.74, 6) is 1.80. The van der Waals surface area contributed by atoms with Crippen LogP contribution in [0.3, 0.4) is 0 Å². The summed E-state index contributed by atoms with van der Waals surface area (Å²) in [6.45, 7) is 7.62. The van der Waals surface area contributed by atoms with Crippen molar-refractivity contribution in [2.24, 2.45) is 0 Å². The maximum Gasteiger partial charge on any atom is 0.221 e. The van der Waals surface area contributed by atoms with Gasteiger partial charge in [0, 0.05) is 13.0 Å². The van der Waals surface area contributed by atoms with Crippen LogP contribution in [0.2, 0.25) is 0 Å². The molecule has 5 nitrogen and oxygen atoms in total. The number of aromatic nitrogens is 2. The third-order valence-electron chi connectivity index (χ3n) is 2.33. The zero-order chi connectivity index (χ0) is 12.7. The number of rotatable bonds is 7. The molecule has 96 valence electrons. The Bertz CT molecular complexity index is 356. The van der Waals surface area contributed by atoms with Crippen LogP contribution >= 0.6 is 0 Å². The number of nitrogens with zero attached hydrogens (tertiary/aromatic N) is 2. The topological polar surface area (TPSA) is 70.3 Å². The van der Waals surface area contributed by atoms with E-state index in [4.69, 9.17) is 15.2 Å². The van der Waals surface area contributed by atoms with Gasteiger partial charge in [-0.05, 0) is 20.3 Å². The standard InChI is InChI=1S/C12H21N3O2/c1-4-6-10-14-11(13)9(3)12(15-10)17-8-7-16-5-2/h4-8H2,1-3H3,(H2,13,14,15). The van der Waals surface area contributed by atoms with Gasteiger partial charge in [0.15, 0.2) is 0 Å². The SMILES string of the molecule is CCCc1nc(N)c(C)c(OCCOCC)n1. The van der Waals surface area contributed by atoms with Gasteiger partial charge in [-0.15, -0.1) is 0 Å². The Morgan fingerprint density at radius 2 is 1.94 bits per heavy atom. The molecule has 0 saturated heterocycles. The number of hydrogen-bond donors (Lipinski definition) is 1. The van der Waals surface area contributed by atoms with E-state index in [0.29, 0.717) is 31.5 Å². The molecule has 0 bridgehead atoms. The second-order valence-corrected chi connectivity index (χ2v) is 3.75. The molecule has 0 amide bonds. The molecule has 0 aromatic carbocycles. The maximum absolute atomic E-state index is 5.82. The van der Waals surface area contributed by atoms with Crippen LogP contribution in [0.25, 0.3) is 0 Å². The summed E-state index contributed by atoms with van der Waals surface area (Å²) in [6, 6.07) is 0. The van der Waals surface area contributed by atoms with E-state index in [9.17, 15) is 0 Å². The van der Waals surface area contributed by atoms with Gasteiger partial charge < -0.3 is 15.2 Å². The fourth-order valence-corrected chi connectivity index (χ4v) is 1.38. The lowest BCUT2D eigenvalue weighted by molar-refractivity contribution is 0.108. The Labute approximate surface area is 102 Å². The number of nitrogens with two attached hydrogens (primary N) is 1. The van der Waals surface area contributed by atoms with E-state index in [1.54, 1.807) is 0 Å². The lowest BCUT2D eigenvalue weighted by Gasteiger charge is -2.11. The molecule has 2 N–H and O–H groups in total. The molecule has 17 heavy (non-hydrogen) atoms. The van der Waals surface area contributed by atoms with Gasteiger partial charge >= 0.3 is 0 Å². The van der Waals surface area contributed by atoms with Crippen molar-refractivity contribution in [2.75, 3.05) is 25.6 Å². The molecule has 0 aliphatic carbocycles. The van der Waals surface area contributed by atoms with Gasteiger partial charge in [-0.25, -0.2) is 4.98 Å². The molecular weight excluding hydrogens is 218 g/mol. The third-order valence-corrected chi connectivity index (χ3v) is 2.33. The molecule has 1 aromatic rings. The molecule has 0 fully saturated rings. The number of hydrogen-bond acceptors (Lipinski definition) is 5. The second-order valence-electron chi connectivity index (χ2n) is 3.75. The van der Waals surface area contributed by atoms with Gasteiger partial charge in [-0.2, -0.15) is 4.98 Å². The number of aryl methyl sites for hydroxylation is 1. The highest BCUT2D eigenvalue weighted by Crippen LogP contribution is 2.19. The summed E-state index contributed by atoms with van der Waals surface area (Å²) < 4.78 is 10.8. The molecule has 0 unspecified atom stereocenters. The predicted octanol–water partition coefficient (Wildman–Crippen LogP) is 1.74. The van der Waals surface area contributed by atoms with Crippen LogP contribution in [0.1, 0.15) is 31.7 Å². The van der Waals surface area contributed by atoms with Crippen molar-refractivity contribution < 1.29 is 9.47 Å². The molecule has 0 spiro atoms. The van der Waals surface area contributed by atoms with E-state index < -0.39 is 0 Å². The Morgan fingerprint density at radius 1 is 1.18 bits per heavy atom. The lowest BCUT2D eigenvalue weighted by Crippen LogP contribution is -2.11. The molecule has 0 aliphatic heterocycles. The average Bonchev–Trinajstić information content (AvgIpc) is 2.31. The van der Waals surface area contributed by atoms with Gasteiger partial charge in [0.2, 0.25) is 5.88 Å². The first-order valence-corrected chi connectivity index (χ1v) is 6.02. The summed E-state index contributed by atoms with van der Waals surface area (Å²) >= 11 is 0. The van der Waals surface area contributed by atoms with Crippen LogP contribution in [0.15, 0.2) is 0 Å². The Hall–Kier alpha value is -1.36. The van der Waals surface area contributed by atoms with Crippen LogP contribution in [0.4, 0.5) is 5.82 Å². The summed E-state index contributed by atoms with van der Waals surface area (Å²) in [6.07, 6.45) is 1.80. The normalized spacial score (nSPS) is 10.5.